The topological polar surface area (TPSA) is 0 Å². The summed E-state index contributed by atoms with van der Waals surface area (Å²) in [7, 11) is 0. The van der Waals surface area contributed by atoms with E-state index in [1.807, 2.05) is 0 Å². The average molecular weight is 191 g/mol. The van der Waals surface area contributed by atoms with Crippen molar-refractivity contribution in [3.05, 3.63) is 0 Å². The number of hydrogen-bond donors (Lipinski definition) is 0. The molecule has 48 valence electrons. The minimum absolute atomic E-state index is 0. The molecule has 0 N–H and O–H groups in total. The van der Waals surface area contributed by atoms with Crippen LogP contribution in [0.4, 0.5) is 0 Å². The van der Waals surface area contributed by atoms with E-state index in [-0.39, 0.29) is 23.1 Å². The van der Waals surface area contributed by atoms with Gasteiger partial charge in [0.2, 0.25) is 0 Å². The van der Waals surface area contributed by atoms with E-state index in [9.17, 15) is 0 Å². The molecule has 0 atom stereocenters. The van der Waals surface area contributed by atoms with Gasteiger partial charge in [-0.05, 0) is 19.8 Å². The zero-order valence-electron chi connectivity index (χ0n) is 5.46. The van der Waals surface area contributed by atoms with Crippen LogP contribution in [-0.2, 0) is 0 Å². The summed E-state index contributed by atoms with van der Waals surface area (Å²) in [6.45, 7) is 8.76. The largest absolute Gasteiger partial charge is 0.316 e. The molecule has 0 aromatic carbocycles. The number of alkyl halides is 1. The lowest BCUT2D eigenvalue weighted by molar-refractivity contribution is 0.514. The van der Waals surface area contributed by atoms with E-state index < -0.39 is 0 Å². The fourth-order valence-electron chi connectivity index (χ4n) is 0. The number of halogens is 1. The monoisotopic (exact) mass is 190 g/mol. The molecule has 2 heteroatoms. The van der Waals surface area contributed by atoms with Crippen molar-refractivity contribution in [2.45, 2.75) is 32.0 Å². The first kappa shape index (κ1) is 12.0. The van der Waals surface area contributed by atoms with Crippen molar-refractivity contribution in [1.82, 2.24) is 0 Å². The Kier molecular flexibility index (Phi) is 6.17. The van der Waals surface area contributed by atoms with Gasteiger partial charge in [-0.3, -0.25) is 0 Å². The predicted molar refractivity (Wildman–Crippen MR) is 46.4 cm³/mol. The Hall–Kier alpha value is 1.25. The van der Waals surface area contributed by atoms with Gasteiger partial charge in [-0.25, -0.2) is 0 Å². The van der Waals surface area contributed by atoms with Crippen LogP contribution < -0.4 is 0 Å². The van der Waals surface area contributed by atoms with E-state index in [1.165, 1.54) is 0 Å². The maximum atomic E-state index is 3.54. The molecular weight excluding hydrogens is 176 g/mol. The summed E-state index contributed by atoms with van der Waals surface area (Å²) in [5.41, 5.74) is 0. The zero-order valence-corrected chi connectivity index (χ0v) is 7.04. The quantitative estimate of drug-likeness (QED) is 0.439. The first-order valence-electron chi connectivity index (χ1n) is 2.63. The second-order valence-electron chi connectivity index (χ2n) is 2.72. The molecule has 0 aliphatic carbocycles. The molecule has 0 heterocycles. The van der Waals surface area contributed by atoms with E-state index >= 15 is 0 Å². The molecular formula is C6H15BrMg. The standard InChI is InChI=1S/C6H13Br.Mg.2H/c1-5(2)6(3,4)7;;;/h5H,1-4H3;;;. The van der Waals surface area contributed by atoms with Gasteiger partial charge in [-0.2, -0.15) is 0 Å². The summed E-state index contributed by atoms with van der Waals surface area (Å²) in [5.74, 6) is 0.715. The summed E-state index contributed by atoms with van der Waals surface area (Å²) in [4.78, 5) is 0. The Morgan fingerprint density at radius 2 is 1.38 bits per heavy atom. The van der Waals surface area contributed by atoms with Crippen LogP contribution in [0.15, 0.2) is 0 Å². The zero-order chi connectivity index (χ0) is 6.08. The van der Waals surface area contributed by atoms with Crippen molar-refractivity contribution in [2.24, 2.45) is 5.92 Å². The Balaban J connectivity index is 0. The predicted octanol–water partition coefficient (Wildman–Crippen LogP) is 1.90. The highest BCUT2D eigenvalue weighted by atomic mass is 79.9. The fraction of sp³-hybridized carbons (Fsp3) is 1.00. The Morgan fingerprint density at radius 3 is 1.38 bits per heavy atom. The fourth-order valence-corrected chi connectivity index (χ4v) is 0. The van der Waals surface area contributed by atoms with E-state index in [0.717, 1.165) is 0 Å². The Morgan fingerprint density at radius 1 is 1.25 bits per heavy atom. The molecule has 0 nitrogen and oxygen atoms in total. The summed E-state index contributed by atoms with van der Waals surface area (Å²) in [6, 6.07) is 0. The van der Waals surface area contributed by atoms with Crippen molar-refractivity contribution in [1.29, 1.82) is 0 Å². The molecule has 0 saturated carbocycles. The van der Waals surface area contributed by atoms with Crippen LogP contribution in [0.1, 0.15) is 27.7 Å². The van der Waals surface area contributed by atoms with Crippen molar-refractivity contribution >= 4 is 39.0 Å². The maximum Gasteiger partial charge on any atom is 0.316 e. The highest BCUT2D eigenvalue weighted by Crippen LogP contribution is 2.24. The first-order chi connectivity index (χ1) is 2.94. The summed E-state index contributed by atoms with van der Waals surface area (Å²) in [6.07, 6.45) is 0. The minimum atomic E-state index is 0. The lowest BCUT2D eigenvalue weighted by Crippen LogP contribution is -2.17. The Labute approximate surface area is 76.7 Å². The average Bonchev–Trinajstić information content (AvgIpc) is 1.31. The maximum absolute atomic E-state index is 3.54. The van der Waals surface area contributed by atoms with Gasteiger partial charge >= 0.3 is 23.1 Å². The molecule has 0 amide bonds. The van der Waals surface area contributed by atoms with Crippen molar-refractivity contribution in [3.8, 4) is 0 Å². The second kappa shape index (κ2) is 4.12. The van der Waals surface area contributed by atoms with Crippen LogP contribution in [0, 0.1) is 5.92 Å². The van der Waals surface area contributed by atoms with E-state index in [1.54, 1.807) is 0 Å². The highest BCUT2D eigenvalue weighted by Gasteiger charge is 2.16. The van der Waals surface area contributed by atoms with Crippen LogP contribution in [0.2, 0.25) is 0 Å². The van der Waals surface area contributed by atoms with Gasteiger partial charge < -0.3 is 0 Å². The molecule has 8 heavy (non-hydrogen) atoms. The summed E-state index contributed by atoms with van der Waals surface area (Å²) < 4.78 is 0.312. The van der Waals surface area contributed by atoms with E-state index in [2.05, 4.69) is 43.6 Å². The summed E-state index contributed by atoms with van der Waals surface area (Å²) in [5, 5.41) is 0. The lowest BCUT2D eigenvalue weighted by atomic mass is 10.0. The van der Waals surface area contributed by atoms with Crippen LogP contribution in [0.25, 0.3) is 0 Å². The highest BCUT2D eigenvalue weighted by molar-refractivity contribution is 9.10. The lowest BCUT2D eigenvalue weighted by Gasteiger charge is -2.20. The van der Waals surface area contributed by atoms with Crippen LogP contribution >= 0.6 is 15.9 Å². The second-order valence-corrected chi connectivity index (χ2v) is 4.76. The Bertz CT molecular complexity index is 54.0. The van der Waals surface area contributed by atoms with Crippen LogP contribution in [0.3, 0.4) is 0 Å². The molecule has 0 rings (SSSR count). The minimum Gasteiger partial charge on any atom is -0.0857 e. The van der Waals surface area contributed by atoms with Crippen LogP contribution in [-0.4, -0.2) is 27.4 Å². The van der Waals surface area contributed by atoms with Gasteiger partial charge in [-0.15, -0.1) is 0 Å². The molecule has 0 radical (unpaired) electrons. The molecule has 0 unspecified atom stereocenters. The molecule has 0 spiro atoms. The first-order valence-corrected chi connectivity index (χ1v) is 3.43. The van der Waals surface area contributed by atoms with Gasteiger partial charge in [0.1, 0.15) is 0 Å². The third-order valence-corrected chi connectivity index (χ3v) is 2.29. The third kappa shape index (κ3) is 5.38. The van der Waals surface area contributed by atoms with Crippen molar-refractivity contribution in [3.63, 3.8) is 0 Å². The molecule has 0 saturated heterocycles. The van der Waals surface area contributed by atoms with Crippen LogP contribution in [0.5, 0.6) is 0 Å². The SMILES string of the molecule is CC(C)C(C)(C)Br.[MgH2]. The van der Waals surface area contributed by atoms with Crippen molar-refractivity contribution in [2.75, 3.05) is 0 Å². The van der Waals surface area contributed by atoms with Gasteiger partial charge in [0, 0.05) is 4.32 Å². The molecule has 0 bridgehead atoms. The molecule has 0 aromatic rings. The number of rotatable bonds is 1. The third-order valence-electron chi connectivity index (χ3n) is 1.37. The van der Waals surface area contributed by atoms with Gasteiger partial charge in [0.05, 0.1) is 0 Å². The molecule has 0 aliphatic rings. The molecule has 0 aliphatic heterocycles. The van der Waals surface area contributed by atoms with Gasteiger partial charge in [0.15, 0.2) is 0 Å². The normalized spacial score (nSPS) is 11.2. The molecule has 0 aromatic heterocycles. The summed E-state index contributed by atoms with van der Waals surface area (Å²) >= 11 is 3.54. The van der Waals surface area contributed by atoms with Crippen molar-refractivity contribution < 1.29 is 0 Å². The van der Waals surface area contributed by atoms with Gasteiger partial charge in [0.25, 0.3) is 0 Å². The van der Waals surface area contributed by atoms with Gasteiger partial charge in [-0.1, -0.05) is 29.8 Å². The number of hydrogen-bond acceptors (Lipinski definition) is 0. The van der Waals surface area contributed by atoms with E-state index in [4.69, 9.17) is 0 Å². The smallest absolute Gasteiger partial charge is 0.0857 e. The molecule has 0 fully saturated rings. The van der Waals surface area contributed by atoms with E-state index in [0.29, 0.717) is 10.2 Å².